The van der Waals surface area contributed by atoms with Gasteiger partial charge in [-0.15, -0.1) is 0 Å². The third-order valence-electron chi connectivity index (χ3n) is 5.11. The molecule has 4 rings (SSSR count). The fourth-order valence-electron chi connectivity index (χ4n) is 3.72. The number of rotatable bonds is 7. The summed E-state index contributed by atoms with van der Waals surface area (Å²) in [5.74, 6) is 0. The van der Waals surface area contributed by atoms with Crippen molar-refractivity contribution in [2.45, 2.75) is 8.87 Å². The van der Waals surface area contributed by atoms with Crippen molar-refractivity contribution in [1.29, 1.82) is 0 Å². The molecule has 0 nitrogen and oxygen atoms in total. The van der Waals surface area contributed by atoms with Crippen molar-refractivity contribution in [3.63, 3.8) is 0 Å². The van der Waals surface area contributed by atoms with Crippen LogP contribution in [-0.2, 0) is 0 Å². The van der Waals surface area contributed by atoms with E-state index >= 15 is 0 Å². The van der Waals surface area contributed by atoms with Crippen molar-refractivity contribution in [1.82, 2.24) is 0 Å². The zero-order valence-corrected chi connectivity index (χ0v) is 21.7. The van der Waals surface area contributed by atoms with Crippen LogP contribution in [0.2, 0.25) is 8.87 Å². The summed E-state index contributed by atoms with van der Waals surface area (Å²) < 4.78 is 9.30. The Morgan fingerprint density at radius 1 is 0.321 bits per heavy atom. The van der Waals surface area contributed by atoms with Gasteiger partial charge in [-0.05, 0) is 0 Å². The summed E-state index contributed by atoms with van der Waals surface area (Å²) in [5.41, 5.74) is 0. The van der Waals surface area contributed by atoms with Gasteiger partial charge in [0.2, 0.25) is 0 Å². The molecule has 2 radical (unpaired) electrons. The Labute approximate surface area is 182 Å². The van der Waals surface area contributed by atoms with Crippen LogP contribution in [0.25, 0.3) is 0 Å². The van der Waals surface area contributed by atoms with Crippen LogP contribution in [0.3, 0.4) is 0 Å². The van der Waals surface area contributed by atoms with Gasteiger partial charge in [-0.1, -0.05) is 0 Å². The molecule has 0 saturated heterocycles. The van der Waals surface area contributed by atoms with E-state index < -0.39 is 39.5 Å². The van der Waals surface area contributed by atoms with Gasteiger partial charge < -0.3 is 0 Å². The fourth-order valence-corrected chi connectivity index (χ4v) is 26.7. The van der Waals surface area contributed by atoms with Crippen molar-refractivity contribution in [3.8, 4) is 0 Å². The predicted molar refractivity (Wildman–Crippen MR) is 125 cm³/mol. The Morgan fingerprint density at radius 3 is 0.750 bits per heavy atom. The Hall–Kier alpha value is -1.52. The molecule has 4 aromatic carbocycles. The van der Waals surface area contributed by atoms with Gasteiger partial charge in [0.1, 0.15) is 0 Å². The minimum atomic E-state index is -1.90. The summed E-state index contributed by atoms with van der Waals surface area (Å²) in [6.45, 7) is 0. The molecule has 0 unspecified atom stereocenters. The molecule has 0 saturated carbocycles. The second kappa shape index (κ2) is 10.3. The van der Waals surface area contributed by atoms with Crippen LogP contribution in [0.5, 0.6) is 0 Å². The van der Waals surface area contributed by atoms with E-state index in [2.05, 4.69) is 121 Å². The van der Waals surface area contributed by atoms with Crippen LogP contribution >= 0.6 is 0 Å². The van der Waals surface area contributed by atoms with Gasteiger partial charge in [-0.2, -0.15) is 0 Å². The van der Waals surface area contributed by atoms with Crippen molar-refractivity contribution in [2.75, 3.05) is 0 Å². The van der Waals surface area contributed by atoms with Crippen molar-refractivity contribution in [3.05, 3.63) is 121 Å². The van der Waals surface area contributed by atoms with Gasteiger partial charge in [-0.3, -0.25) is 0 Å². The number of hydrogen-bond donors (Lipinski definition) is 0. The van der Waals surface area contributed by atoms with Crippen LogP contribution in [0.4, 0.5) is 0 Å². The summed E-state index contributed by atoms with van der Waals surface area (Å²) in [7, 11) is 0. The van der Waals surface area contributed by atoms with Gasteiger partial charge in [0.05, 0.1) is 0 Å². The van der Waals surface area contributed by atoms with Crippen molar-refractivity contribution in [2.24, 2.45) is 0 Å². The molecule has 0 N–H and O–H groups in total. The number of benzene rings is 4. The van der Waals surface area contributed by atoms with E-state index in [-0.39, 0.29) is 0 Å². The number of hydrogen-bond acceptors (Lipinski definition) is 0. The van der Waals surface area contributed by atoms with Gasteiger partial charge in [0.25, 0.3) is 0 Å². The zero-order chi connectivity index (χ0) is 19.0. The molecule has 4 aromatic rings. The Kier molecular flexibility index (Phi) is 7.28. The first kappa shape index (κ1) is 19.8. The molecule has 0 aliphatic carbocycles. The third kappa shape index (κ3) is 5.09. The molecular formula is C26H24Sn2. The van der Waals surface area contributed by atoms with E-state index in [4.69, 9.17) is 0 Å². The molecule has 0 aromatic heterocycles. The maximum atomic E-state index is 2.37. The third-order valence-corrected chi connectivity index (χ3v) is 25.2. The Balaban J connectivity index is 1.64. The van der Waals surface area contributed by atoms with Gasteiger partial charge in [0.15, 0.2) is 0 Å². The quantitative estimate of drug-likeness (QED) is 0.297. The summed E-state index contributed by atoms with van der Waals surface area (Å²) in [6.07, 6.45) is 0. The van der Waals surface area contributed by atoms with E-state index in [0.717, 1.165) is 0 Å². The first-order valence-electron chi connectivity index (χ1n) is 9.85. The molecule has 0 aliphatic heterocycles. The summed E-state index contributed by atoms with van der Waals surface area (Å²) >= 11 is -3.80. The second-order valence-electron chi connectivity index (χ2n) is 6.92. The zero-order valence-electron chi connectivity index (χ0n) is 16.0. The molecular weight excluding hydrogens is 550 g/mol. The summed E-state index contributed by atoms with van der Waals surface area (Å²) in [6, 6.07) is 45.3. The first-order valence-corrected chi connectivity index (χ1v) is 19.6. The van der Waals surface area contributed by atoms with Crippen LogP contribution < -0.4 is 14.3 Å². The van der Waals surface area contributed by atoms with Gasteiger partial charge >= 0.3 is 184 Å². The molecule has 28 heavy (non-hydrogen) atoms. The molecule has 136 valence electrons. The maximum absolute atomic E-state index is 2.37. The van der Waals surface area contributed by atoms with E-state index in [1.807, 2.05) is 0 Å². The average molecular weight is 574 g/mol. The molecule has 0 amide bonds. The van der Waals surface area contributed by atoms with Crippen LogP contribution in [0.15, 0.2) is 121 Å². The van der Waals surface area contributed by atoms with Crippen LogP contribution in [0.1, 0.15) is 0 Å². The Bertz CT molecular complexity index is 792. The molecule has 0 heterocycles. The monoisotopic (exact) mass is 576 g/mol. The normalized spacial score (nSPS) is 11.1. The predicted octanol–water partition coefficient (Wildman–Crippen LogP) is 3.60. The molecule has 2 heteroatoms. The fraction of sp³-hybridized carbons (Fsp3) is 0.0769. The van der Waals surface area contributed by atoms with Crippen LogP contribution in [-0.4, -0.2) is 39.5 Å². The van der Waals surface area contributed by atoms with E-state index in [0.29, 0.717) is 0 Å². The summed E-state index contributed by atoms with van der Waals surface area (Å²) in [4.78, 5) is 0. The molecule has 0 spiro atoms. The van der Waals surface area contributed by atoms with Crippen LogP contribution in [0, 0.1) is 0 Å². The van der Waals surface area contributed by atoms with Crippen molar-refractivity contribution >= 4 is 53.8 Å². The van der Waals surface area contributed by atoms with E-state index in [1.165, 1.54) is 8.87 Å². The second-order valence-corrected chi connectivity index (χ2v) is 21.8. The molecule has 0 fully saturated rings. The summed E-state index contributed by atoms with van der Waals surface area (Å²) in [5, 5.41) is 0. The van der Waals surface area contributed by atoms with E-state index in [1.54, 1.807) is 14.3 Å². The molecule has 0 atom stereocenters. The average Bonchev–Trinajstić information content (AvgIpc) is 2.79. The van der Waals surface area contributed by atoms with E-state index in [9.17, 15) is 0 Å². The molecule has 0 bridgehead atoms. The van der Waals surface area contributed by atoms with Crippen molar-refractivity contribution < 1.29 is 0 Å². The first-order chi connectivity index (χ1) is 13.9. The Morgan fingerprint density at radius 2 is 0.536 bits per heavy atom. The standard InChI is InChI=1S/4C6H5.C2H4.2Sn/c4*1-2-4-6-5-3-1;1-2;;/h4*1-5H;1-2H2;;. The molecule has 0 aliphatic rings. The van der Waals surface area contributed by atoms with Gasteiger partial charge in [-0.25, -0.2) is 0 Å². The SMILES string of the molecule is c1cc[c]([Sn]([CH2][CH2][Sn]([c]2ccccc2)[c]2ccccc2)[c]2ccccc2)cc1. The topological polar surface area (TPSA) is 0 Å². The van der Waals surface area contributed by atoms with Gasteiger partial charge in [0, 0.05) is 0 Å². The minimum absolute atomic E-state index is 1.40.